The van der Waals surface area contributed by atoms with Gasteiger partial charge in [0, 0.05) is 0 Å². The first-order valence-corrected chi connectivity index (χ1v) is 6.23. The Bertz CT molecular complexity index is 399. The van der Waals surface area contributed by atoms with E-state index in [4.69, 9.17) is 9.47 Å². The number of hydrogen-bond donors (Lipinski definition) is 1. The molecular weight excluding hydrogens is 228 g/mol. The smallest absolute Gasteiger partial charge is 0.163 e. The van der Waals surface area contributed by atoms with Crippen LogP contribution < -0.4 is 0 Å². The zero-order chi connectivity index (χ0) is 13.2. The number of hydrogen-bond acceptors (Lipinski definition) is 3. The van der Waals surface area contributed by atoms with E-state index in [2.05, 4.69) is 6.58 Å². The van der Waals surface area contributed by atoms with Crippen molar-refractivity contribution in [1.29, 1.82) is 0 Å². The molecule has 1 aromatic carbocycles. The van der Waals surface area contributed by atoms with E-state index < -0.39 is 11.9 Å². The molecule has 1 aliphatic heterocycles. The number of benzene rings is 1. The van der Waals surface area contributed by atoms with Crippen molar-refractivity contribution in [2.24, 2.45) is 0 Å². The molecule has 1 heterocycles. The molecule has 3 nitrogen and oxygen atoms in total. The predicted molar refractivity (Wildman–Crippen MR) is 70.0 cm³/mol. The third kappa shape index (κ3) is 2.80. The molecule has 0 aromatic heterocycles. The summed E-state index contributed by atoms with van der Waals surface area (Å²) in [5, 5.41) is 10.4. The van der Waals surface area contributed by atoms with Gasteiger partial charge < -0.3 is 14.6 Å². The topological polar surface area (TPSA) is 38.7 Å². The maximum atomic E-state index is 10.4. The monoisotopic (exact) mass is 248 g/mol. The summed E-state index contributed by atoms with van der Waals surface area (Å²) in [5.41, 5.74) is 0.845. The minimum absolute atomic E-state index is 0.160. The van der Waals surface area contributed by atoms with Crippen LogP contribution in [-0.4, -0.2) is 23.1 Å². The van der Waals surface area contributed by atoms with E-state index in [9.17, 15) is 5.11 Å². The SMILES string of the molecule is C=CC[C@@H]1OC(C)(C)O[C@@H]1[C@H](O)c1ccccc1. The van der Waals surface area contributed by atoms with Gasteiger partial charge in [-0.2, -0.15) is 0 Å². The Morgan fingerprint density at radius 3 is 2.61 bits per heavy atom. The normalized spacial score (nSPS) is 27.9. The van der Waals surface area contributed by atoms with Crippen molar-refractivity contribution >= 4 is 0 Å². The lowest BCUT2D eigenvalue weighted by Gasteiger charge is -2.22. The van der Waals surface area contributed by atoms with Crippen molar-refractivity contribution in [2.75, 3.05) is 0 Å². The third-order valence-electron chi connectivity index (χ3n) is 3.07. The lowest BCUT2D eigenvalue weighted by atomic mass is 9.99. The van der Waals surface area contributed by atoms with Crippen molar-refractivity contribution in [3.63, 3.8) is 0 Å². The van der Waals surface area contributed by atoms with Gasteiger partial charge in [-0.05, 0) is 25.8 Å². The molecule has 1 aliphatic rings. The highest BCUT2D eigenvalue weighted by Gasteiger charge is 2.44. The van der Waals surface area contributed by atoms with E-state index in [0.29, 0.717) is 6.42 Å². The second kappa shape index (κ2) is 5.22. The van der Waals surface area contributed by atoms with E-state index in [-0.39, 0.29) is 12.2 Å². The lowest BCUT2D eigenvalue weighted by molar-refractivity contribution is -0.155. The van der Waals surface area contributed by atoms with Crippen LogP contribution in [0.4, 0.5) is 0 Å². The van der Waals surface area contributed by atoms with Crippen LogP contribution in [0.3, 0.4) is 0 Å². The Balaban J connectivity index is 2.17. The summed E-state index contributed by atoms with van der Waals surface area (Å²) >= 11 is 0. The number of ether oxygens (including phenoxy) is 2. The summed E-state index contributed by atoms with van der Waals surface area (Å²) in [7, 11) is 0. The molecule has 1 fully saturated rings. The van der Waals surface area contributed by atoms with Crippen LogP contribution in [0, 0.1) is 0 Å². The summed E-state index contributed by atoms with van der Waals surface area (Å²) in [5.74, 6) is -0.659. The molecule has 0 saturated carbocycles. The molecule has 3 heteroatoms. The highest BCUT2D eigenvalue weighted by molar-refractivity contribution is 5.19. The molecule has 0 aliphatic carbocycles. The Labute approximate surface area is 108 Å². The Morgan fingerprint density at radius 2 is 2.00 bits per heavy atom. The van der Waals surface area contributed by atoms with Gasteiger partial charge in [0.2, 0.25) is 0 Å². The van der Waals surface area contributed by atoms with Crippen molar-refractivity contribution in [2.45, 2.75) is 44.4 Å². The molecule has 1 saturated heterocycles. The maximum absolute atomic E-state index is 10.4. The fraction of sp³-hybridized carbons (Fsp3) is 0.467. The zero-order valence-corrected chi connectivity index (χ0v) is 10.9. The fourth-order valence-corrected chi connectivity index (χ4v) is 2.32. The molecular formula is C15H20O3. The van der Waals surface area contributed by atoms with Crippen molar-refractivity contribution in [3.05, 3.63) is 48.6 Å². The van der Waals surface area contributed by atoms with Gasteiger partial charge in [-0.15, -0.1) is 6.58 Å². The lowest BCUT2D eigenvalue weighted by Crippen LogP contribution is -2.29. The minimum Gasteiger partial charge on any atom is -0.386 e. The molecule has 2 rings (SSSR count). The van der Waals surface area contributed by atoms with E-state index in [1.165, 1.54) is 0 Å². The van der Waals surface area contributed by atoms with Crippen molar-refractivity contribution in [3.8, 4) is 0 Å². The number of rotatable bonds is 4. The summed E-state index contributed by atoms with van der Waals surface area (Å²) in [6.45, 7) is 7.45. The van der Waals surface area contributed by atoms with Crippen LogP contribution in [0.2, 0.25) is 0 Å². The number of aliphatic hydroxyl groups is 1. The summed E-state index contributed by atoms with van der Waals surface area (Å²) in [6.07, 6.45) is 1.25. The summed E-state index contributed by atoms with van der Waals surface area (Å²) in [6, 6.07) is 9.52. The summed E-state index contributed by atoms with van der Waals surface area (Å²) < 4.78 is 11.6. The van der Waals surface area contributed by atoms with Crippen LogP contribution in [0.25, 0.3) is 0 Å². The molecule has 0 bridgehead atoms. The van der Waals surface area contributed by atoms with Crippen LogP contribution in [0.1, 0.15) is 31.9 Å². The molecule has 0 radical (unpaired) electrons. The van der Waals surface area contributed by atoms with Crippen LogP contribution in [0.15, 0.2) is 43.0 Å². The van der Waals surface area contributed by atoms with Gasteiger partial charge >= 0.3 is 0 Å². The molecule has 18 heavy (non-hydrogen) atoms. The average Bonchev–Trinajstić information content (AvgIpc) is 2.65. The van der Waals surface area contributed by atoms with Gasteiger partial charge in [-0.25, -0.2) is 0 Å². The van der Waals surface area contributed by atoms with Gasteiger partial charge in [0.15, 0.2) is 5.79 Å². The van der Waals surface area contributed by atoms with Crippen molar-refractivity contribution < 1.29 is 14.6 Å². The molecule has 98 valence electrons. The standard InChI is InChI=1S/C15H20O3/c1-4-8-12-14(18-15(2,3)17-12)13(16)11-9-6-5-7-10-11/h4-7,9-10,12-14,16H,1,8H2,2-3H3/t12-,13+,14-/m0/s1. The molecule has 1 aromatic rings. The highest BCUT2D eigenvalue weighted by Crippen LogP contribution is 2.36. The van der Waals surface area contributed by atoms with Gasteiger partial charge in [-0.3, -0.25) is 0 Å². The van der Waals surface area contributed by atoms with E-state index in [0.717, 1.165) is 5.56 Å². The third-order valence-corrected chi connectivity index (χ3v) is 3.07. The molecule has 0 spiro atoms. The van der Waals surface area contributed by atoms with Gasteiger partial charge in [0.05, 0.1) is 6.10 Å². The van der Waals surface area contributed by atoms with Crippen LogP contribution >= 0.6 is 0 Å². The second-order valence-corrected chi connectivity index (χ2v) is 5.02. The maximum Gasteiger partial charge on any atom is 0.163 e. The van der Waals surface area contributed by atoms with Crippen LogP contribution in [-0.2, 0) is 9.47 Å². The second-order valence-electron chi connectivity index (χ2n) is 5.02. The fourth-order valence-electron chi connectivity index (χ4n) is 2.32. The Kier molecular flexibility index (Phi) is 3.85. The largest absolute Gasteiger partial charge is 0.386 e. The van der Waals surface area contributed by atoms with E-state index in [1.54, 1.807) is 6.08 Å². The first kappa shape index (κ1) is 13.3. The van der Waals surface area contributed by atoms with E-state index >= 15 is 0 Å². The summed E-state index contributed by atoms with van der Waals surface area (Å²) in [4.78, 5) is 0. The first-order chi connectivity index (χ1) is 8.53. The molecule has 1 N–H and O–H groups in total. The highest BCUT2D eigenvalue weighted by atomic mass is 16.8. The first-order valence-electron chi connectivity index (χ1n) is 6.23. The van der Waals surface area contributed by atoms with E-state index in [1.807, 2.05) is 44.2 Å². The van der Waals surface area contributed by atoms with Gasteiger partial charge in [0.1, 0.15) is 12.2 Å². The molecule has 0 unspecified atom stereocenters. The molecule has 3 atom stereocenters. The Morgan fingerprint density at radius 1 is 1.33 bits per heavy atom. The van der Waals surface area contributed by atoms with Crippen molar-refractivity contribution in [1.82, 2.24) is 0 Å². The van der Waals surface area contributed by atoms with Gasteiger partial charge in [0.25, 0.3) is 0 Å². The quantitative estimate of drug-likeness (QED) is 0.833. The Hall–Kier alpha value is -1.16. The zero-order valence-electron chi connectivity index (χ0n) is 10.9. The molecule has 0 amide bonds. The minimum atomic E-state index is -0.682. The average molecular weight is 248 g/mol. The van der Waals surface area contributed by atoms with Gasteiger partial charge in [-0.1, -0.05) is 36.4 Å². The van der Waals surface area contributed by atoms with Crippen LogP contribution in [0.5, 0.6) is 0 Å². The number of aliphatic hydroxyl groups excluding tert-OH is 1. The predicted octanol–water partition coefficient (Wildman–Crippen LogP) is 2.82.